The number of rotatable bonds is 4. The van der Waals surface area contributed by atoms with Gasteiger partial charge in [0.25, 0.3) is 0 Å². The molecule has 0 bridgehead atoms. The van der Waals surface area contributed by atoms with E-state index in [9.17, 15) is 0 Å². The molecule has 9 aromatic carbocycles. The van der Waals surface area contributed by atoms with Crippen LogP contribution in [0.5, 0.6) is 0 Å². The predicted molar refractivity (Wildman–Crippen MR) is 234 cm³/mol. The zero-order valence-electron chi connectivity index (χ0n) is 30.9. The lowest BCUT2D eigenvalue weighted by Gasteiger charge is -2.33. The Bertz CT molecular complexity index is 3120. The van der Waals surface area contributed by atoms with Gasteiger partial charge in [-0.15, -0.1) is 0 Å². The molecule has 2 nitrogen and oxygen atoms in total. The summed E-state index contributed by atoms with van der Waals surface area (Å²) in [4.78, 5) is 2.46. The molecule has 0 unspecified atom stereocenters. The minimum atomic E-state index is -0.541. The summed E-state index contributed by atoms with van der Waals surface area (Å²) in [5.74, 6) is 0. The van der Waals surface area contributed by atoms with Crippen LogP contribution in [0.3, 0.4) is 0 Å². The lowest BCUT2D eigenvalue weighted by Crippen LogP contribution is -2.26. The largest absolute Gasteiger partial charge is 0.310 e. The molecule has 1 heterocycles. The molecule has 2 aliphatic rings. The van der Waals surface area contributed by atoms with Gasteiger partial charge in [0.2, 0.25) is 0 Å². The summed E-state index contributed by atoms with van der Waals surface area (Å²) >= 11 is 0. The van der Waals surface area contributed by atoms with Crippen molar-refractivity contribution in [3.8, 4) is 27.9 Å². The molecule has 0 amide bonds. The molecule has 12 rings (SSSR count). The first-order chi connectivity index (χ1) is 27.7. The van der Waals surface area contributed by atoms with Crippen LogP contribution in [0.4, 0.5) is 17.1 Å². The topological polar surface area (TPSA) is 8.17 Å². The van der Waals surface area contributed by atoms with Gasteiger partial charge in [0.15, 0.2) is 0 Å². The highest BCUT2D eigenvalue weighted by atomic mass is 15.1. The number of anilines is 3. The fourth-order valence-corrected chi connectivity index (χ4v) is 10.3. The van der Waals surface area contributed by atoms with Crippen LogP contribution >= 0.6 is 0 Å². The Morgan fingerprint density at radius 2 is 0.964 bits per heavy atom. The van der Waals surface area contributed by atoms with E-state index in [0.29, 0.717) is 0 Å². The van der Waals surface area contributed by atoms with Crippen LogP contribution < -0.4 is 4.90 Å². The van der Waals surface area contributed by atoms with Crippen LogP contribution in [-0.4, -0.2) is 4.57 Å². The van der Waals surface area contributed by atoms with E-state index >= 15 is 0 Å². The lowest BCUT2D eigenvalue weighted by molar-refractivity contribution is 0.793. The molecule has 1 aromatic heterocycles. The third kappa shape index (κ3) is 4.11. The Morgan fingerprint density at radius 3 is 1.64 bits per heavy atom. The summed E-state index contributed by atoms with van der Waals surface area (Å²) in [5.41, 5.74) is 18.3. The molecule has 10 aromatic rings. The molecule has 0 saturated heterocycles. The van der Waals surface area contributed by atoms with Gasteiger partial charge in [-0.2, -0.15) is 0 Å². The normalized spacial score (nSPS) is 13.2. The first-order valence-corrected chi connectivity index (χ1v) is 19.5. The van der Waals surface area contributed by atoms with Crippen molar-refractivity contribution in [1.82, 2.24) is 4.57 Å². The molecule has 0 radical (unpaired) electrons. The number of hydrogen-bond donors (Lipinski definition) is 0. The Hall–Kier alpha value is -7.16. The van der Waals surface area contributed by atoms with Crippen LogP contribution in [0.15, 0.2) is 200 Å². The van der Waals surface area contributed by atoms with E-state index in [1.54, 1.807) is 0 Å². The van der Waals surface area contributed by atoms with Gasteiger partial charge in [0.05, 0.1) is 22.1 Å². The molecule has 0 N–H and O–H groups in total. The van der Waals surface area contributed by atoms with Gasteiger partial charge in [-0.3, -0.25) is 0 Å². The van der Waals surface area contributed by atoms with Crippen molar-refractivity contribution >= 4 is 49.6 Å². The average Bonchev–Trinajstić information content (AvgIpc) is 3.86. The summed E-state index contributed by atoms with van der Waals surface area (Å²) in [6.45, 7) is 2.18. The summed E-state index contributed by atoms with van der Waals surface area (Å²) < 4.78 is 2.47. The zero-order valence-corrected chi connectivity index (χ0v) is 30.9. The SMILES string of the molecule is Cc1cccc(N(c2ccccc2)c2cc3c(c4ccccc24)-c2ccc(-n4c5ccccc5c5ccccc54)cc2C32c3ccccc3-c3ccccc32)c1. The first kappa shape index (κ1) is 31.2. The molecule has 2 aliphatic carbocycles. The van der Waals surface area contributed by atoms with Gasteiger partial charge in [-0.1, -0.05) is 146 Å². The number of para-hydroxylation sites is 3. The highest BCUT2D eigenvalue weighted by Gasteiger charge is 2.52. The van der Waals surface area contributed by atoms with Crippen LogP contribution in [0, 0.1) is 6.92 Å². The third-order valence-corrected chi connectivity index (χ3v) is 12.4. The summed E-state index contributed by atoms with van der Waals surface area (Å²) in [5, 5.41) is 5.03. The number of aromatic nitrogens is 1. The molecule has 262 valence electrons. The maximum absolute atomic E-state index is 2.53. The van der Waals surface area contributed by atoms with E-state index < -0.39 is 5.41 Å². The number of benzene rings is 9. The summed E-state index contributed by atoms with van der Waals surface area (Å²) in [7, 11) is 0. The van der Waals surface area contributed by atoms with Gasteiger partial charge in [-0.25, -0.2) is 0 Å². The standard InChI is InChI=1S/C54H36N2/c1-35-16-15-19-37(32-35)55(36-17-3-2-4-18-36)52-34-49-53(44-25-6-5-24-43(44)52)45-31-30-38(56-50-28-13-9-22-41(50)42-23-10-14-29-51(42)56)33-48(45)54(49)46-26-11-7-20-39(46)40-21-8-12-27-47(40)54/h2-34H,1H3. The quantitative estimate of drug-likeness (QED) is 0.176. The fraction of sp³-hybridized carbons (Fsp3) is 0.0370. The fourth-order valence-electron chi connectivity index (χ4n) is 10.3. The number of aryl methyl sites for hydroxylation is 1. The van der Waals surface area contributed by atoms with Crippen molar-refractivity contribution in [2.45, 2.75) is 12.3 Å². The Labute approximate surface area is 326 Å². The Kier molecular flexibility index (Phi) is 6.50. The van der Waals surface area contributed by atoms with Crippen LogP contribution in [-0.2, 0) is 5.41 Å². The van der Waals surface area contributed by atoms with Crippen LogP contribution in [0.25, 0.3) is 60.5 Å². The van der Waals surface area contributed by atoms with Crippen molar-refractivity contribution in [1.29, 1.82) is 0 Å². The molecular formula is C54H36N2. The van der Waals surface area contributed by atoms with Crippen molar-refractivity contribution in [3.63, 3.8) is 0 Å². The smallest absolute Gasteiger partial charge is 0.0727 e. The average molecular weight is 713 g/mol. The predicted octanol–water partition coefficient (Wildman–Crippen LogP) is 14.1. The van der Waals surface area contributed by atoms with Gasteiger partial charge in [0, 0.05) is 33.2 Å². The molecule has 0 saturated carbocycles. The van der Waals surface area contributed by atoms with E-state index in [1.165, 1.54) is 94.0 Å². The minimum Gasteiger partial charge on any atom is -0.310 e. The van der Waals surface area contributed by atoms with E-state index in [1.807, 2.05) is 0 Å². The Balaban J connectivity index is 1.23. The number of fused-ring (bicyclic) bond motifs is 15. The molecule has 1 spiro atoms. The van der Waals surface area contributed by atoms with Crippen molar-refractivity contribution in [3.05, 3.63) is 228 Å². The van der Waals surface area contributed by atoms with Crippen LogP contribution in [0.1, 0.15) is 27.8 Å². The maximum Gasteiger partial charge on any atom is 0.0727 e. The number of nitrogens with zero attached hydrogens (tertiary/aromatic N) is 2. The second-order valence-corrected chi connectivity index (χ2v) is 15.3. The van der Waals surface area contributed by atoms with E-state index in [4.69, 9.17) is 0 Å². The number of hydrogen-bond acceptors (Lipinski definition) is 1. The first-order valence-electron chi connectivity index (χ1n) is 19.5. The van der Waals surface area contributed by atoms with E-state index in [0.717, 1.165) is 11.4 Å². The molecule has 2 heteroatoms. The van der Waals surface area contributed by atoms with Gasteiger partial charge in [-0.05, 0) is 117 Å². The van der Waals surface area contributed by atoms with Crippen molar-refractivity contribution in [2.75, 3.05) is 4.90 Å². The lowest BCUT2D eigenvalue weighted by atomic mass is 9.70. The van der Waals surface area contributed by atoms with Gasteiger partial charge >= 0.3 is 0 Å². The molecular weight excluding hydrogens is 677 g/mol. The van der Waals surface area contributed by atoms with Crippen molar-refractivity contribution < 1.29 is 0 Å². The second kappa shape index (κ2) is 11.7. The summed E-state index contributed by atoms with van der Waals surface area (Å²) in [6, 6.07) is 74.5. The molecule has 0 fully saturated rings. The molecule has 0 atom stereocenters. The Morgan fingerprint density at radius 1 is 0.393 bits per heavy atom. The second-order valence-electron chi connectivity index (χ2n) is 15.3. The van der Waals surface area contributed by atoms with Gasteiger partial charge < -0.3 is 9.47 Å². The third-order valence-electron chi connectivity index (χ3n) is 12.4. The summed E-state index contributed by atoms with van der Waals surface area (Å²) in [6.07, 6.45) is 0. The van der Waals surface area contributed by atoms with Crippen LogP contribution in [0.2, 0.25) is 0 Å². The monoisotopic (exact) mass is 712 g/mol. The van der Waals surface area contributed by atoms with E-state index in [2.05, 4.69) is 217 Å². The van der Waals surface area contributed by atoms with Crippen molar-refractivity contribution in [2.24, 2.45) is 0 Å². The van der Waals surface area contributed by atoms with Gasteiger partial charge in [0.1, 0.15) is 0 Å². The molecule has 56 heavy (non-hydrogen) atoms. The highest BCUT2D eigenvalue weighted by Crippen LogP contribution is 2.65. The molecule has 0 aliphatic heterocycles. The highest BCUT2D eigenvalue weighted by molar-refractivity contribution is 6.13. The van der Waals surface area contributed by atoms with E-state index in [-0.39, 0.29) is 0 Å². The zero-order chi connectivity index (χ0) is 37.0. The maximum atomic E-state index is 2.53. The minimum absolute atomic E-state index is 0.541.